The van der Waals surface area contributed by atoms with E-state index in [-0.39, 0.29) is 0 Å². The van der Waals surface area contributed by atoms with Crippen molar-refractivity contribution in [3.63, 3.8) is 0 Å². The average molecular weight is 388 g/mol. The molecule has 3 nitrogen and oxygen atoms in total. The first-order valence-electron chi connectivity index (χ1n) is 9.80. The fraction of sp³-hybridized carbons (Fsp3) is 0.250. The summed E-state index contributed by atoms with van der Waals surface area (Å²) in [6, 6.07) is 23.7. The average Bonchev–Trinajstić information content (AvgIpc) is 3.15. The molecule has 28 heavy (non-hydrogen) atoms. The number of benzene rings is 3. The van der Waals surface area contributed by atoms with Crippen LogP contribution in [-0.2, 0) is 12.3 Å². The van der Waals surface area contributed by atoms with Crippen molar-refractivity contribution in [1.29, 1.82) is 0 Å². The van der Waals surface area contributed by atoms with Crippen molar-refractivity contribution in [2.75, 3.05) is 0 Å². The molecule has 0 aliphatic rings. The zero-order valence-corrected chi connectivity index (χ0v) is 17.4. The Morgan fingerprint density at radius 2 is 1.64 bits per heavy atom. The molecule has 0 bridgehead atoms. The van der Waals surface area contributed by atoms with Crippen LogP contribution in [0.25, 0.3) is 22.2 Å². The van der Waals surface area contributed by atoms with Gasteiger partial charge in [0.05, 0.1) is 0 Å². The predicted molar refractivity (Wildman–Crippen MR) is 119 cm³/mol. The van der Waals surface area contributed by atoms with Gasteiger partial charge in [-0.2, -0.15) is 0 Å². The van der Waals surface area contributed by atoms with Crippen LogP contribution in [0.2, 0.25) is 0 Å². The van der Waals surface area contributed by atoms with E-state index in [4.69, 9.17) is 0 Å². The van der Waals surface area contributed by atoms with Crippen LogP contribution in [0.15, 0.2) is 71.9 Å². The monoisotopic (exact) mass is 387 g/mol. The van der Waals surface area contributed by atoms with Crippen molar-refractivity contribution < 1.29 is 0 Å². The van der Waals surface area contributed by atoms with E-state index in [2.05, 4.69) is 102 Å². The van der Waals surface area contributed by atoms with Crippen LogP contribution in [0.4, 0.5) is 0 Å². The maximum atomic E-state index is 4.50. The maximum Gasteiger partial charge on any atom is 0.191 e. The third-order valence-corrected chi connectivity index (χ3v) is 6.12. The molecule has 1 aromatic heterocycles. The van der Waals surface area contributed by atoms with E-state index in [1.165, 1.54) is 21.9 Å². The molecule has 0 unspecified atom stereocenters. The smallest absolute Gasteiger partial charge is 0.191 e. The molecule has 0 amide bonds. The number of nitrogens with zero attached hydrogens (tertiary/aromatic N) is 3. The van der Waals surface area contributed by atoms with Gasteiger partial charge >= 0.3 is 0 Å². The minimum Gasteiger partial charge on any atom is -0.302 e. The van der Waals surface area contributed by atoms with Gasteiger partial charge < -0.3 is 4.57 Å². The Kier molecular flexibility index (Phi) is 5.49. The van der Waals surface area contributed by atoms with E-state index in [0.717, 1.165) is 28.8 Å². The highest BCUT2D eigenvalue weighted by Gasteiger charge is 2.14. The molecule has 0 atom stereocenters. The van der Waals surface area contributed by atoms with Crippen molar-refractivity contribution in [3.05, 3.63) is 77.9 Å². The lowest BCUT2D eigenvalue weighted by Crippen LogP contribution is -2.00. The van der Waals surface area contributed by atoms with Crippen LogP contribution in [0.5, 0.6) is 0 Å². The van der Waals surface area contributed by atoms with Crippen molar-refractivity contribution in [2.45, 2.75) is 44.1 Å². The number of fused-ring (bicyclic) bond motifs is 1. The highest BCUT2D eigenvalue weighted by Crippen LogP contribution is 2.29. The zero-order valence-electron chi connectivity index (χ0n) is 16.6. The number of thioether (sulfide) groups is 1. The summed E-state index contributed by atoms with van der Waals surface area (Å²) in [7, 11) is 0. The summed E-state index contributed by atoms with van der Waals surface area (Å²) in [6.07, 6.45) is 0. The maximum absolute atomic E-state index is 4.50. The Bertz CT molecular complexity index is 1080. The van der Waals surface area contributed by atoms with Gasteiger partial charge in [0.1, 0.15) is 0 Å². The molecule has 0 radical (unpaired) electrons. The van der Waals surface area contributed by atoms with Crippen LogP contribution in [-0.4, -0.2) is 14.8 Å². The second kappa shape index (κ2) is 8.19. The first-order valence-corrected chi connectivity index (χ1v) is 10.8. The summed E-state index contributed by atoms with van der Waals surface area (Å²) in [4.78, 5) is 0. The molecular weight excluding hydrogens is 362 g/mol. The first kappa shape index (κ1) is 18.8. The molecule has 4 rings (SSSR count). The van der Waals surface area contributed by atoms with Gasteiger partial charge in [0.15, 0.2) is 11.0 Å². The van der Waals surface area contributed by atoms with E-state index in [0.29, 0.717) is 5.92 Å². The summed E-state index contributed by atoms with van der Waals surface area (Å²) in [5, 5.41) is 12.6. The van der Waals surface area contributed by atoms with Gasteiger partial charge in [-0.25, -0.2) is 0 Å². The molecule has 4 heteroatoms. The number of hydrogen-bond donors (Lipinski definition) is 0. The Morgan fingerprint density at radius 1 is 0.893 bits per heavy atom. The molecule has 1 heterocycles. The molecule has 0 saturated heterocycles. The SMILES string of the molecule is CCn1c(SCc2cccc3ccccc23)nnc1-c1ccc(C(C)C)cc1. The molecular formula is C24H25N3S. The molecule has 0 spiro atoms. The Labute approximate surface area is 170 Å². The lowest BCUT2D eigenvalue weighted by molar-refractivity contribution is 0.687. The molecule has 0 fully saturated rings. The number of rotatable bonds is 6. The summed E-state index contributed by atoms with van der Waals surface area (Å²) in [6.45, 7) is 7.43. The van der Waals surface area contributed by atoms with Crippen LogP contribution >= 0.6 is 11.8 Å². The second-order valence-electron chi connectivity index (χ2n) is 7.25. The van der Waals surface area contributed by atoms with Crippen LogP contribution in [0, 0.1) is 0 Å². The topological polar surface area (TPSA) is 30.7 Å². The Balaban J connectivity index is 1.59. The minimum atomic E-state index is 0.532. The van der Waals surface area contributed by atoms with Gasteiger partial charge in [-0.15, -0.1) is 10.2 Å². The third kappa shape index (κ3) is 3.69. The van der Waals surface area contributed by atoms with Gasteiger partial charge in [0, 0.05) is 17.9 Å². The van der Waals surface area contributed by atoms with Crippen molar-refractivity contribution >= 4 is 22.5 Å². The molecule has 3 aromatic carbocycles. The number of aromatic nitrogens is 3. The fourth-order valence-corrected chi connectivity index (χ4v) is 4.48. The van der Waals surface area contributed by atoms with E-state index < -0.39 is 0 Å². The van der Waals surface area contributed by atoms with E-state index >= 15 is 0 Å². The van der Waals surface area contributed by atoms with Gasteiger partial charge in [0.2, 0.25) is 0 Å². The lowest BCUT2D eigenvalue weighted by Gasteiger charge is -2.10. The summed E-state index contributed by atoms with van der Waals surface area (Å²) < 4.78 is 2.21. The molecule has 0 aliphatic carbocycles. The molecule has 142 valence electrons. The van der Waals surface area contributed by atoms with Crippen molar-refractivity contribution in [3.8, 4) is 11.4 Å². The minimum absolute atomic E-state index is 0.532. The van der Waals surface area contributed by atoms with Crippen LogP contribution < -0.4 is 0 Å². The lowest BCUT2D eigenvalue weighted by atomic mass is 10.0. The largest absolute Gasteiger partial charge is 0.302 e. The van der Waals surface area contributed by atoms with Crippen molar-refractivity contribution in [2.24, 2.45) is 0 Å². The summed E-state index contributed by atoms with van der Waals surface area (Å²) in [5.74, 6) is 2.36. The van der Waals surface area contributed by atoms with Gasteiger partial charge in [0.25, 0.3) is 0 Å². The number of hydrogen-bond acceptors (Lipinski definition) is 3. The Morgan fingerprint density at radius 3 is 2.39 bits per heavy atom. The van der Waals surface area contributed by atoms with Gasteiger partial charge in [-0.05, 0) is 34.7 Å². The predicted octanol–water partition coefficient (Wildman–Crippen LogP) is 6.53. The third-order valence-electron chi connectivity index (χ3n) is 5.11. The summed E-state index contributed by atoms with van der Waals surface area (Å²) in [5.41, 5.74) is 3.80. The van der Waals surface area contributed by atoms with Crippen LogP contribution in [0.1, 0.15) is 37.8 Å². The molecule has 4 aromatic rings. The first-order chi connectivity index (χ1) is 13.7. The van der Waals surface area contributed by atoms with Gasteiger partial charge in [-0.1, -0.05) is 92.3 Å². The normalized spacial score (nSPS) is 11.4. The zero-order chi connectivity index (χ0) is 19.5. The van der Waals surface area contributed by atoms with E-state index in [9.17, 15) is 0 Å². The molecule has 0 aliphatic heterocycles. The standard InChI is InChI=1S/C24H25N3S/c1-4-27-23(20-14-12-18(13-15-20)17(2)3)25-26-24(27)28-16-21-10-7-9-19-8-5-6-11-22(19)21/h5-15,17H,4,16H2,1-3H3. The Hall–Kier alpha value is -2.59. The van der Waals surface area contributed by atoms with Crippen LogP contribution in [0.3, 0.4) is 0 Å². The fourth-order valence-electron chi connectivity index (χ4n) is 3.47. The molecule has 0 N–H and O–H groups in total. The molecule has 0 saturated carbocycles. The highest BCUT2D eigenvalue weighted by atomic mass is 32.2. The van der Waals surface area contributed by atoms with E-state index in [1.54, 1.807) is 11.8 Å². The highest BCUT2D eigenvalue weighted by molar-refractivity contribution is 7.98. The second-order valence-corrected chi connectivity index (χ2v) is 8.20. The van der Waals surface area contributed by atoms with Gasteiger partial charge in [-0.3, -0.25) is 0 Å². The van der Waals surface area contributed by atoms with Crippen molar-refractivity contribution in [1.82, 2.24) is 14.8 Å². The quantitative estimate of drug-likeness (QED) is 0.352. The summed E-state index contributed by atoms with van der Waals surface area (Å²) >= 11 is 1.75. The van der Waals surface area contributed by atoms with E-state index in [1.807, 2.05) is 0 Å².